The van der Waals surface area contributed by atoms with Gasteiger partial charge in [0.05, 0.1) is 67.1 Å². The predicted molar refractivity (Wildman–Crippen MR) is 411 cm³/mol. The number of anilines is 8. The summed E-state index contributed by atoms with van der Waals surface area (Å²) in [5.41, 5.74) is 35.2. The molecule has 1 atom stereocenters. The van der Waals surface area contributed by atoms with Gasteiger partial charge in [-0.15, -0.1) is 45.3 Å². The second kappa shape index (κ2) is 35.0. The van der Waals surface area contributed by atoms with Crippen LogP contribution in [0.15, 0.2) is 192 Å². The quantitative estimate of drug-likeness (QED) is 0.0370. The van der Waals surface area contributed by atoms with Gasteiger partial charge in [-0.1, -0.05) is 120 Å². The van der Waals surface area contributed by atoms with Gasteiger partial charge in [-0.05, 0) is 125 Å². The van der Waals surface area contributed by atoms with Crippen LogP contribution in [0.25, 0.3) is 87.3 Å². The van der Waals surface area contributed by atoms with Crippen molar-refractivity contribution in [1.82, 2.24) is 39.9 Å². The summed E-state index contributed by atoms with van der Waals surface area (Å²) in [6.45, 7) is 9.36. The van der Waals surface area contributed by atoms with E-state index >= 15 is 0 Å². The Kier molecular flexibility index (Phi) is 25.2. The third-order valence-corrected chi connectivity index (χ3v) is 19.3. The van der Waals surface area contributed by atoms with E-state index in [-0.39, 0.29) is 35.5 Å². The summed E-state index contributed by atoms with van der Waals surface area (Å²) in [5, 5.41) is 19.5. The first-order chi connectivity index (χ1) is 48.4. The molecule has 0 aliphatic heterocycles. The van der Waals surface area contributed by atoms with Crippen molar-refractivity contribution >= 4 is 115 Å². The Labute approximate surface area is 597 Å². The van der Waals surface area contributed by atoms with Gasteiger partial charge in [0.25, 0.3) is 0 Å². The molecule has 8 aromatic heterocycles. The zero-order valence-electron chi connectivity index (χ0n) is 56.0. The number of nitrogens with zero attached hydrogens (tertiary/aromatic N) is 8. The first-order valence-corrected chi connectivity index (χ1v) is 36.2. The number of nitrogens with one attached hydrogen (secondary N) is 4. The molecule has 4 amide bonds. The van der Waals surface area contributed by atoms with Crippen molar-refractivity contribution in [2.75, 3.05) is 44.2 Å². The Balaban J connectivity index is 0.000000144. The van der Waals surface area contributed by atoms with E-state index in [9.17, 15) is 19.2 Å². The third-order valence-electron chi connectivity index (χ3n) is 15.8. The molecule has 12 N–H and O–H groups in total. The number of thiophene rings is 4. The van der Waals surface area contributed by atoms with E-state index < -0.39 is 0 Å². The fourth-order valence-corrected chi connectivity index (χ4v) is 13.3. The van der Waals surface area contributed by atoms with Crippen LogP contribution in [0.2, 0.25) is 0 Å². The van der Waals surface area contributed by atoms with Crippen LogP contribution in [0.5, 0.6) is 0 Å². The summed E-state index contributed by atoms with van der Waals surface area (Å²) in [6.07, 6.45) is 14.5. The summed E-state index contributed by atoms with van der Waals surface area (Å²) in [7, 11) is 0. The van der Waals surface area contributed by atoms with Crippen molar-refractivity contribution in [3.8, 4) is 87.3 Å². The molecule has 0 saturated heterocycles. The molecule has 100 heavy (non-hydrogen) atoms. The molecule has 12 aromatic rings. The monoisotopic (exact) mass is 1410 g/mol. The van der Waals surface area contributed by atoms with Gasteiger partial charge in [-0.2, -0.15) is 0 Å². The number of nitrogen functional groups attached to an aromatic ring is 4. The Morgan fingerprint density at radius 3 is 1.03 bits per heavy atom. The maximum atomic E-state index is 12.6. The lowest BCUT2D eigenvalue weighted by molar-refractivity contribution is -0.119. The molecule has 4 aromatic carbocycles. The number of rotatable bonds is 18. The first kappa shape index (κ1) is 71.8. The van der Waals surface area contributed by atoms with Gasteiger partial charge in [-0.3, -0.25) is 19.2 Å². The maximum absolute atomic E-state index is 12.6. The van der Waals surface area contributed by atoms with Crippen LogP contribution in [-0.2, 0) is 19.2 Å². The Hall–Kier alpha value is -10.9. The van der Waals surface area contributed by atoms with E-state index in [0.29, 0.717) is 87.6 Å². The largest absolute Gasteiger partial charge is 0.399 e. The molecule has 1 aliphatic rings. The average molecular weight is 1410 g/mol. The number of hydrogen-bond donors (Lipinski definition) is 8. The van der Waals surface area contributed by atoms with Gasteiger partial charge < -0.3 is 44.2 Å². The van der Waals surface area contributed by atoms with Gasteiger partial charge >= 0.3 is 0 Å². The van der Waals surface area contributed by atoms with Crippen LogP contribution in [0.3, 0.4) is 0 Å². The fraction of sp³-hybridized carbons (Fsp3) is 0.211. The van der Waals surface area contributed by atoms with E-state index in [1.807, 2.05) is 195 Å². The highest BCUT2D eigenvalue weighted by Gasteiger charge is 2.22. The van der Waals surface area contributed by atoms with Crippen LogP contribution < -0.4 is 44.2 Å². The minimum atomic E-state index is -0.174. The lowest BCUT2D eigenvalue weighted by atomic mass is 9.87. The summed E-state index contributed by atoms with van der Waals surface area (Å²) < 4.78 is 0. The topological polar surface area (TPSA) is 324 Å². The van der Waals surface area contributed by atoms with Crippen molar-refractivity contribution < 1.29 is 19.2 Å². The summed E-state index contributed by atoms with van der Waals surface area (Å²) in [4.78, 5) is 89.0. The van der Waals surface area contributed by atoms with Crippen LogP contribution in [0.1, 0.15) is 86.0 Å². The molecule has 20 nitrogen and oxygen atoms in total. The van der Waals surface area contributed by atoms with Crippen LogP contribution >= 0.6 is 45.3 Å². The Morgan fingerprint density at radius 2 is 0.740 bits per heavy atom. The zero-order valence-corrected chi connectivity index (χ0v) is 59.3. The van der Waals surface area contributed by atoms with E-state index in [0.717, 1.165) is 83.8 Å². The minimum absolute atomic E-state index is 0.0271. The lowest BCUT2D eigenvalue weighted by Crippen LogP contribution is -2.21. The van der Waals surface area contributed by atoms with Crippen molar-refractivity contribution in [2.24, 2.45) is 17.8 Å². The van der Waals surface area contributed by atoms with Crippen molar-refractivity contribution in [3.63, 3.8) is 0 Å². The third kappa shape index (κ3) is 20.1. The number of amides is 4. The van der Waals surface area contributed by atoms with Gasteiger partial charge in [0.2, 0.25) is 23.6 Å². The second-order valence-corrected chi connectivity index (χ2v) is 27.9. The molecule has 510 valence electrons. The Bertz CT molecular complexity index is 4630. The minimum Gasteiger partial charge on any atom is -0.399 e. The van der Waals surface area contributed by atoms with Gasteiger partial charge in [-0.25, -0.2) is 39.9 Å². The molecule has 13 rings (SSSR count). The summed E-state index contributed by atoms with van der Waals surface area (Å²) in [6, 6.07) is 45.7. The number of aromatic nitrogens is 8. The molecule has 0 spiro atoms. The van der Waals surface area contributed by atoms with Gasteiger partial charge in [0.1, 0.15) is 22.8 Å². The van der Waals surface area contributed by atoms with Crippen LogP contribution in [0, 0.1) is 17.8 Å². The molecule has 1 saturated carbocycles. The van der Waals surface area contributed by atoms with E-state index in [1.54, 1.807) is 70.1 Å². The normalized spacial score (nSPS) is 12.1. The molecular weight excluding hydrogens is 1330 g/mol. The SMILES string of the molecule is CC(=O)Nc1ncc(-c2ccc(N)cc2)nc1-c1cccs1.CC(C)CC(=O)Nc1ncc(-c2ccc(N)cc2)nc1-c1cccs1.CCC(C)C(=O)Nc1ncc(-c2ccc(N)cc2)nc1-c1cccs1.Nc1ccc(-c2cnc(NC(=O)CC3CCCCC3)c(-c3cccs3)n2)cc1. The van der Waals surface area contributed by atoms with Gasteiger partial charge in [0.15, 0.2) is 23.3 Å². The molecule has 1 unspecified atom stereocenters. The molecule has 8 heterocycles. The molecular formula is C76H78N16O4S4. The molecule has 24 heteroatoms. The predicted octanol–water partition coefficient (Wildman–Crippen LogP) is 17.7. The molecule has 1 fully saturated rings. The highest BCUT2D eigenvalue weighted by molar-refractivity contribution is 7.14. The number of carbonyl (C=O) groups is 4. The van der Waals surface area contributed by atoms with Crippen molar-refractivity contribution in [3.05, 3.63) is 192 Å². The lowest BCUT2D eigenvalue weighted by Gasteiger charge is -2.21. The van der Waals surface area contributed by atoms with Crippen molar-refractivity contribution in [1.29, 1.82) is 0 Å². The van der Waals surface area contributed by atoms with Crippen LogP contribution in [0.4, 0.5) is 46.0 Å². The van der Waals surface area contributed by atoms with E-state index in [2.05, 4.69) is 46.2 Å². The Morgan fingerprint density at radius 1 is 0.430 bits per heavy atom. The number of carbonyl (C=O) groups excluding carboxylic acids is 4. The number of hydrogen-bond acceptors (Lipinski definition) is 20. The number of nitrogens with two attached hydrogens (primary N) is 4. The maximum Gasteiger partial charge on any atom is 0.228 e. The molecule has 0 radical (unpaired) electrons. The van der Waals surface area contributed by atoms with E-state index in [1.165, 1.54) is 26.2 Å². The fourth-order valence-electron chi connectivity index (χ4n) is 10.4. The highest BCUT2D eigenvalue weighted by Crippen LogP contribution is 2.37. The standard InChI is InChI=1S/C22H24N4OS.2C19H20N4OS.C16H14N4OS/c23-17-10-8-16(9-11-17)18-14-24-22(21(25-18)19-7-4-12-28-19)26-20(27)13-15-5-2-1-3-6-15;1-12(2)10-17(24)23-19-18(16-4-3-9-25-16)22-15(11-21-19)13-5-7-14(20)8-6-13;1-3-12(2)19(24)23-18-17(16-5-4-10-25-16)22-15(11-21-18)13-6-8-14(20)9-7-13;1-10(21)19-16-15(14-3-2-8-22-14)20-13(9-18-16)11-4-6-12(17)7-5-11/h4,7-12,14-15H,1-3,5-6,13,23H2,(H,24,26,27);3-9,11-12H,10,20H2,1-2H3,(H,21,23,24);4-12H,3,20H2,1-2H3,(H,21,23,24);2-9H,17H2,1H3,(H,18,19,21). The first-order valence-electron chi connectivity index (χ1n) is 32.7. The smallest absolute Gasteiger partial charge is 0.228 e. The average Bonchev–Trinajstić information content (AvgIpc) is 1.35. The zero-order chi connectivity index (χ0) is 70.5. The molecule has 0 bridgehead atoms. The summed E-state index contributed by atoms with van der Waals surface area (Å²) in [5.74, 6) is 2.43. The van der Waals surface area contributed by atoms with Crippen molar-refractivity contribution in [2.45, 2.75) is 86.0 Å². The highest BCUT2D eigenvalue weighted by atomic mass is 32.1. The summed E-state index contributed by atoms with van der Waals surface area (Å²) >= 11 is 6.26. The number of benzene rings is 4. The van der Waals surface area contributed by atoms with Gasteiger partial charge in [0, 0.05) is 70.7 Å². The molecule has 1 aliphatic carbocycles. The van der Waals surface area contributed by atoms with E-state index in [4.69, 9.17) is 37.9 Å². The van der Waals surface area contributed by atoms with Crippen LogP contribution in [-0.4, -0.2) is 63.5 Å². The second-order valence-electron chi connectivity index (χ2n) is 24.1.